The van der Waals surface area contributed by atoms with Gasteiger partial charge in [-0.3, -0.25) is 0 Å². The van der Waals surface area contributed by atoms with Gasteiger partial charge in [0.25, 0.3) is 0 Å². The molecule has 0 spiro atoms. The maximum absolute atomic E-state index is 12.3. The number of esters is 1. The molecule has 0 fully saturated rings. The van der Waals surface area contributed by atoms with Crippen molar-refractivity contribution >= 4 is 29.2 Å². The van der Waals surface area contributed by atoms with Gasteiger partial charge in [-0.25, -0.2) is 4.79 Å². The fourth-order valence-electron chi connectivity index (χ4n) is 2.15. The van der Waals surface area contributed by atoms with E-state index in [1.54, 1.807) is 18.2 Å². The lowest BCUT2D eigenvalue weighted by atomic mass is 10.1. The molecule has 1 unspecified atom stereocenters. The first kappa shape index (κ1) is 20.1. The van der Waals surface area contributed by atoms with Crippen LogP contribution in [0, 0.1) is 0 Å². The van der Waals surface area contributed by atoms with Gasteiger partial charge in [-0.15, -0.1) is 0 Å². The summed E-state index contributed by atoms with van der Waals surface area (Å²) < 4.78 is 11.1. The van der Waals surface area contributed by atoms with E-state index in [2.05, 4.69) is 13.8 Å². The minimum absolute atomic E-state index is 0.316. The highest BCUT2D eigenvalue weighted by atomic mass is 35.5. The summed E-state index contributed by atoms with van der Waals surface area (Å²) >= 11 is 12.0. The summed E-state index contributed by atoms with van der Waals surface area (Å²) in [6.07, 6.45) is 6.08. The molecule has 0 bridgehead atoms. The van der Waals surface area contributed by atoms with Crippen LogP contribution in [0.15, 0.2) is 18.2 Å². The molecule has 0 saturated heterocycles. The van der Waals surface area contributed by atoms with Gasteiger partial charge in [0.2, 0.25) is 0 Å². The largest absolute Gasteiger partial charge is 0.477 e. The number of halogens is 2. The van der Waals surface area contributed by atoms with E-state index in [0.29, 0.717) is 28.8 Å². The molecule has 0 aliphatic rings. The van der Waals surface area contributed by atoms with Crippen molar-refractivity contribution < 1.29 is 14.3 Å². The van der Waals surface area contributed by atoms with Gasteiger partial charge < -0.3 is 9.47 Å². The standard InChI is InChI=1S/C18H26Cl2O3/c1-3-5-7-9-17(18(21)22-12-8-6-4-2)23-16-11-10-14(19)13-15(16)20/h10-11,13,17H,3-9,12H2,1-2H3. The zero-order chi connectivity index (χ0) is 17.1. The lowest BCUT2D eigenvalue weighted by molar-refractivity contribution is -0.152. The van der Waals surface area contributed by atoms with E-state index >= 15 is 0 Å². The second-order valence-corrected chi connectivity index (χ2v) is 6.40. The fourth-order valence-corrected chi connectivity index (χ4v) is 2.60. The third kappa shape index (κ3) is 7.94. The van der Waals surface area contributed by atoms with Crippen molar-refractivity contribution in [2.45, 2.75) is 64.9 Å². The van der Waals surface area contributed by atoms with Gasteiger partial charge in [0, 0.05) is 5.02 Å². The zero-order valence-electron chi connectivity index (χ0n) is 13.9. The van der Waals surface area contributed by atoms with Crippen LogP contribution in [0.25, 0.3) is 0 Å². The molecule has 5 heteroatoms. The summed E-state index contributed by atoms with van der Waals surface area (Å²) in [6.45, 7) is 4.67. The molecule has 1 aromatic carbocycles. The maximum Gasteiger partial charge on any atom is 0.347 e. The second kappa shape index (κ2) is 11.6. The van der Waals surface area contributed by atoms with Crippen molar-refractivity contribution in [1.29, 1.82) is 0 Å². The van der Waals surface area contributed by atoms with Gasteiger partial charge in [-0.2, -0.15) is 0 Å². The topological polar surface area (TPSA) is 35.5 Å². The molecular weight excluding hydrogens is 335 g/mol. The Balaban J connectivity index is 2.64. The van der Waals surface area contributed by atoms with Crippen LogP contribution in [0.4, 0.5) is 0 Å². The van der Waals surface area contributed by atoms with Crippen LogP contribution in [0.1, 0.15) is 58.8 Å². The van der Waals surface area contributed by atoms with Crippen molar-refractivity contribution in [2.75, 3.05) is 6.61 Å². The molecule has 1 atom stereocenters. The van der Waals surface area contributed by atoms with E-state index < -0.39 is 6.10 Å². The normalized spacial score (nSPS) is 12.0. The lowest BCUT2D eigenvalue weighted by Gasteiger charge is -2.19. The Kier molecular flexibility index (Phi) is 10.1. The quantitative estimate of drug-likeness (QED) is 0.355. The van der Waals surface area contributed by atoms with Gasteiger partial charge in [0.05, 0.1) is 11.6 Å². The zero-order valence-corrected chi connectivity index (χ0v) is 15.5. The van der Waals surface area contributed by atoms with E-state index in [1.165, 1.54) is 0 Å². The molecular formula is C18H26Cl2O3. The number of hydrogen-bond acceptors (Lipinski definition) is 3. The molecule has 1 rings (SSSR count). The van der Waals surface area contributed by atoms with Crippen molar-refractivity contribution in [3.63, 3.8) is 0 Å². The van der Waals surface area contributed by atoms with E-state index in [1.807, 2.05) is 0 Å². The van der Waals surface area contributed by atoms with Gasteiger partial charge in [0.1, 0.15) is 5.75 Å². The lowest BCUT2D eigenvalue weighted by Crippen LogP contribution is -2.30. The van der Waals surface area contributed by atoms with Crippen molar-refractivity contribution in [3.05, 3.63) is 28.2 Å². The Hall–Kier alpha value is -0.930. The highest BCUT2D eigenvalue weighted by Crippen LogP contribution is 2.29. The number of rotatable bonds is 11. The van der Waals surface area contributed by atoms with Gasteiger partial charge in [0.15, 0.2) is 6.10 Å². The van der Waals surface area contributed by atoms with E-state index in [-0.39, 0.29) is 5.97 Å². The smallest absolute Gasteiger partial charge is 0.347 e. The van der Waals surface area contributed by atoms with Gasteiger partial charge >= 0.3 is 5.97 Å². The summed E-state index contributed by atoms with van der Waals surface area (Å²) in [7, 11) is 0. The van der Waals surface area contributed by atoms with Crippen LogP contribution in [-0.4, -0.2) is 18.7 Å². The average molecular weight is 361 g/mol. The third-order valence-electron chi connectivity index (χ3n) is 3.49. The first-order valence-electron chi connectivity index (χ1n) is 8.36. The summed E-state index contributed by atoms with van der Waals surface area (Å²) in [5.41, 5.74) is 0. The second-order valence-electron chi connectivity index (χ2n) is 5.55. The maximum atomic E-state index is 12.3. The number of ether oxygens (including phenoxy) is 2. The summed E-state index contributed by atoms with van der Waals surface area (Å²) in [6, 6.07) is 4.98. The number of unbranched alkanes of at least 4 members (excludes halogenated alkanes) is 4. The minimum atomic E-state index is -0.623. The van der Waals surface area contributed by atoms with E-state index in [9.17, 15) is 4.79 Å². The number of carbonyl (C=O) groups excluding carboxylic acids is 1. The summed E-state index contributed by atoms with van der Waals surface area (Å²) in [4.78, 5) is 12.3. The first-order valence-corrected chi connectivity index (χ1v) is 9.12. The minimum Gasteiger partial charge on any atom is -0.477 e. The Morgan fingerprint density at radius 3 is 2.43 bits per heavy atom. The predicted octanol–water partition coefficient (Wildman–Crippen LogP) is 6.05. The molecule has 3 nitrogen and oxygen atoms in total. The molecule has 0 radical (unpaired) electrons. The Labute approximate surface area is 149 Å². The van der Waals surface area contributed by atoms with Crippen molar-refractivity contribution in [2.24, 2.45) is 0 Å². The SMILES string of the molecule is CCCCCOC(=O)C(CCCCC)Oc1ccc(Cl)cc1Cl. The van der Waals surface area contributed by atoms with E-state index in [0.717, 1.165) is 38.5 Å². The van der Waals surface area contributed by atoms with Crippen LogP contribution in [0.2, 0.25) is 10.0 Å². The highest BCUT2D eigenvalue weighted by Gasteiger charge is 2.22. The monoisotopic (exact) mass is 360 g/mol. The Morgan fingerprint density at radius 2 is 1.78 bits per heavy atom. The molecule has 130 valence electrons. The van der Waals surface area contributed by atoms with E-state index in [4.69, 9.17) is 32.7 Å². The number of carbonyl (C=O) groups is 1. The third-order valence-corrected chi connectivity index (χ3v) is 4.02. The average Bonchev–Trinajstić information content (AvgIpc) is 2.52. The summed E-state index contributed by atoms with van der Waals surface area (Å²) in [5, 5.41) is 0.934. The molecule has 1 aromatic rings. The van der Waals surface area contributed by atoms with Crippen LogP contribution in [0.3, 0.4) is 0 Å². The van der Waals surface area contributed by atoms with Crippen LogP contribution >= 0.6 is 23.2 Å². The molecule has 0 N–H and O–H groups in total. The Morgan fingerprint density at radius 1 is 1.09 bits per heavy atom. The van der Waals surface area contributed by atoms with Crippen LogP contribution < -0.4 is 4.74 Å². The van der Waals surface area contributed by atoms with Crippen LogP contribution in [0.5, 0.6) is 5.75 Å². The number of hydrogen-bond donors (Lipinski definition) is 0. The van der Waals surface area contributed by atoms with Gasteiger partial charge in [-0.05, 0) is 37.5 Å². The fraction of sp³-hybridized carbons (Fsp3) is 0.611. The predicted molar refractivity (Wildman–Crippen MR) is 95.5 cm³/mol. The molecule has 0 amide bonds. The summed E-state index contributed by atoms with van der Waals surface area (Å²) in [5.74, 6) is 0.145. The van der Waals surface area contributed by atoms with Crippen molar-refractivity contribution in [3.8, 4) is 5.75 Å². The molecule has 0 aliphatic carbocycles. The molecule has 23 heavy (non-hydrogen) atoms. The molecule has 0 saturated carbocycles. The number of benzene rings is 1. The first-order chi connectivity index (χ1) is 11.1. The van der Waals surface area contributed by atoms with Crippen LogP contribution in [-0.2, 0) is 9.53 Å². The highest BCUT2D eigenvalue weighted by molar-refractivity contribution is 6.35. The molecule has 0 aromatic heterocycles. The van der Waals surface area contributed by atoms with Gasteiger partial charge in [-0.1, -0.05) is 62.7 Å². The Bertz CT molecular complexity index is 477. The van der Waals surface area contributed by atoms with Crippen molar-refractivity contribution in [1.82, 2.24) is 0 Å². The molecule has 0 heterocycles. The molecule has 0 aliphatic heterocycles.